The summed E-state index contributed by atoms with van der Waals surface area (Å²) in [6, 6.07) is 11.0. The number of rotatable bonds is 0. The van der Waals surface area contributed by atoms with E-state index in [2.05, 4.69) is 49.4 Å². The summed E-state index contributed by atoms with van der Waals surface area (Å²) in [5, 5.41) is 2.77. The number of allylic oxidation sites excluding steroid dienone is 1. The highest BCUT2D eigenvalue weighted by molar-refractivity contribution is 5.89. The minimum Gasteiger partial charge on any atom is -0.0836 e. The molecule has 0 aliphatic heterocycles. The first kappa shape index (κ1) is 11.9. The molecule has 0 unspecified atom stereocenters. The van der Waals surface area contributed by atoms with Crippen LogP contribution in [0.3, 0.4) is 0 Å². The van der Waals surface area contributed by atoms with E-state index in [1.165, 1.54) is 40.3 Å². The summed E-state index contributed by atoms with van der Waals surface area (Å²) in [4.78, 5) is 0. The monoisotopic (exact) mass is 224 g/mol. The third kappa shape index (κ3) is 2.12. The third-order valence-corrected chi connectivity index (χ3v) is 3.34. The summed E-state index contributed by atoms with van der Waals surface area (Å²) in [5.41, 5.74) is 4.42. The molecule has 1 aliphatic carbocycles. The summed E-state index contributed by atoms with van der Waals surface area (Å²) in [7, 11) is 0. The van der Waals surface area contributed by atoms with Crippen LogP contribution in [0.5, 0.6) is 0 Å². The summed E-state index contributed by atoms with van der Waals surface area (Å²) in [6.45, 7) is 6.25. The number of fused-ring (bicyclic) bond motifs is 2. The normalized spacial score (nSPS) is 12.9. The highest BCUT2D eigenvalue weighted by Gasteiger charge is 2.10. The fourth-order valence-corrected chi connectivity index (χ4v) is 2.52. The number of hydrogen-bond acceptors (Lipinski definition) is 0. The van der Waals surface area contributed by atoms with Gasteiger partial charge in [0.05, 0.1) is 0 Å². The molecule has 17 heavy (non-hydrogen) atoms. The molecule has 0 saturated heterocycles. The molecule has 0 heteroatoms. The summed E-state index contributed by atoms with van der Waals surface area (Å²) < 4.78 is 0. The third-order valence-electron chi connectivity index (χ3n) is 3.34. The van der Waals surface area contributed by atoms with Crippen LogP contribution in [0.2, 0.25) is 0 Å². The SMILES string of the molecule is CC.Cc1c2c(cc3ccccc13)C=CCC2. The lowest BCUT2D eigenvalue weighted by Crippen LogP contribution is -1.98. The average Bonchev–Trinajstić information content (AvgIpc) is 2.41. The molecule has 1 aliphatic rings. The Morgan fingerprint density at radius 3 is 2.65 bits per heavy atom. The van der Waals surface area contributed by atoms with Gasteiger partial charge in [-0.2, -0.15) is 0 Å². The first-order chi connectivity index (χ1) is 8.36. The fourth-order valence-electron chi connectivity index (χ4n) is 2.52. The van der Waals surface area contributed by atoms with Crippen LogP contribution in [0.1, 0.15) is 37.0 Å². The Kier molecular flexibility index (Phi) is 3.63. The lowest BCUT2D eigenvalue weighted by Gasteiger charge is -2.15. The standard InChI is InChI=1S/C15H14.C2H6/c1-11-14-8-4-2-6-12(14)10-13-7-3-5-9-15(11)13;1-2/h2-4,6-8,10H,5,9H2,1H3;1-2H3. The van der Waals surface area contributed by atoms with Crippen LogP contribution in [0.4, 0.5) is 0 Å². The van der Waals surface area contributed by atoms with E-state index in [4.69, 9.17) is 0 Å². The molecule has 0 aromatic heterocycles. The van der Waals surface area contributed by atoms with Crippen molar-refractivity contribution in [3.8, 4) is 0 Å². The number of hydrogen-bond donors (Lipinski definition) is 0. The molecule has 0 heterocycles. The van der Waals surface area contributed by atoms with Crippen molar-refractivity contribution in [1.82, 2.24) is 0 Å². The summed E-state index contributed by atoms with van der Waals surface area (Å²) in [5.74, 6) is 0. The van der Waals surface area contributed by atoms with E-state index in [1.54, 1.807) is 0 Å². The van der Waals surface area contributed by atoms with Crippen molar-refractivity contribution in [2.75, 3.05) is 0 Å². The molecule has 88 valence electrons. The highest BCUT2D eigenvalue weighted by Crippen LogP contribution is 2.29. The van der Waals surface area contributed by atoms with E-state index in [-0.39, 0.29) is 0 Å². The Hall–Kier alpha value is -1.56. The van der Waals surface area contributed by atoms with Gasteiger partial charge in [0.25, 0.3) is 0 Å². The van der Waals surface area contributed by atoms with E-state index >= 15 is 0 Å². The molecule has 0 amide bonds. The van der Waals surface area contributed by atoms with Gasteiger partial charge in [0.2, 0.25) is 0 Å². The van der Waals surface area contributed by atoms with Gasteiger partial charge >= 0.3 is 0 Å². The van der Waals surface area contributed by atoms with Gasteiger partial charge in [0, 0.05) is 0 Å². The van der Waals surface area contributed by atoms with E-state index in [0.717, 1.165) is 0 Å². The Labute approximate surface area is 104 Å². The number of aryl methyl sites for hydroxylation is 1. The molecule has 0 atom stereocenters. The Morgan fingerprint density at radius 2 is 1.82 bits per heavy atom. The van der Waals surface area contributed by atoms with Crippen LogP contribution in [0.15, 0.2) is 36.4 Å². The molecule has 0 bridgehead atoms. The van der Waals surface area contributed by atoms with Crippen molar-refractivity contribution in [2.24, 2.45) is 0 Å². The van der Waals surface area contributed by atoms with Crippen LogP contribution < -0.4 is 0 Å². The second-order valence-corrected chi connectivity index (χ2v) is 4.23. The smallest absolute Gasteiger partial charge is 0.0152 e. The molecule has 2 aromatic rings. The molecular formula is C17H20. The largest absolute Gasteiger partial charge is 0.0836 e. The van der Waals surface area contributed by atoms with Gasteiger partial charge in [-0.15, -0.1) is 0 Å². The van der Waals surface area contributed by atoms with Crippen LogP contribution >= 0.6 is 0 Å². The molecule has 3 rings (SSSR count). The molecule has 0 N–H and O–H groups in total. The molecule has 0 fully saturated rings. The van der Waals surface area contributed by atoms with Crippen molar-refractivity contribution in [2.45, 2.75) is 33.6 Å². The quantitative estimate of drug-likeness (QED) is 0.581. The first-order valence-corrected chi connectivity index (χ1v) is 6.54. The molecule has 0 spiro atoms. The van der Waals surface area contributed by atoms with Gasteiger partial charge in [-0.25, -0.2) is 0 Å². The minimum atomic E-state index is 1.19. The van der Waals surface area contributed by atoms with Crippen LogP contribution in [-0.2, 0) is 6.42 Å². The maximum Gasteiger partial charge on any atom is -0.0152 e. The Balaban J connectivity index is 0.000000514. The van der Waals surface area contributed by atoms with Gasteiger partial charge in [-0.05, 0) is 53.3 Å². The zero-order valence-corrected chi connectivity index (χ0v) is 11.0. The van der Waals surface area contributed by atoms with Gasteiger partial charge < -0.3 is 0 Å². The Morgan fingerprint density at radius 1 is 1.06 bits per heavy atom. The van der Waals surface area contributed by atoms with E-state index < -0.39 is 0 Å². The van der Waals surface area contributed by atoms with Crippen LogP contribution in [0.25, 0.3) is 16.8 Å². The van der Waals surface area contributed by atoms with Crippen molar-refractivity contribution in [3.05, 3.63) is 53.1 Å². The zero-order valence-electron chi connectivity index (χ0n) is 11.0. The topological polar surface area (TPSA) is 0 Å². The number of benzene rings is 2. The van der Waals surface area contributed by atoms with E-state index in [9.17, 15) is 0 Å². The molecule has 0 radical (unpaired) electrons. The van der Waals surface area contributed by atoms with Crippen molar-refractivity contribution >= 4 is 16.8 Å². The van der Waals surface area contributed by atoms with Gasteiger partial charge in [-0.1, -0.05) is 50.3 Å². The minimum absolute atomic E-state index is 1.19. The summed E-state index contributed by atoms with van der Waals surface area (Å²) in [6.07, 6.45) is 6.92. The predicted molar refractivity (Wildman–Crippen MR) is 77.4 cm³/mol. The van der Waals surface area contributed by atoms with Gasteiger partial charge in [-0.3, -0.25) is 0 Å². The fraction of sp³-hybridized carbons (Fsp3) is 0.294. The van der Waals surface area contributed by atoms with Gasteiger partial charge in [0.15, 0.2) is 0 Å². The molecule has 0 nitrogen and oxygen atoms in total. The van der Waals surface area contributed by atoms with E-state index in [1.807, 2.05) is 13.8 Å². The zero-order chi connectivity index (χ0) is 12.3. The van der Waals surface area contributed by atoms with Crippen molar-refractivity contribution < 1.29 is 0 Å². The average molecular weight is 224 g/mol. The maximum absolute atomic E-state index is 2.31. The van der Waals surface area contributed by atoms with Crippen molar-refractivity contribution in [3.63, 3.8) is 0 Å². The molecule has 0 saturated carbocycles. The second-order valence-electron chi connectivity index (χ2n) is 4.23. The van der Waals surface area contributed by atoms with Crippen LogP contribution in [-0.4, -0.2) is 0 Å². The Bertz CT molecular complexity index is 547. The lowest BCUT2D eigenvalue weighted by molar-refractivity contribution is 0.976. The van der Waals surface area contributed by atoms with Crippen LogP contribution in [0, 0.1) is 6.92 Å². The van der Waals surface area contributed by atoms with Crippen molar-refractivity contribution in [1.29, 1.82) is 0 Å². The van der Waals surface area contributed by atoms with E-state index in [0.29, 0.717) is 0 Å². The predicted octanol–water partition coefficient (Wildman–Crippen LogP) is 5.13. The lowest BCUT2D eigenvalue weighted by atomic mass is 9.89. The molecular weight excluding hydrogens is 204 g/mol. The first-order valence-electron chi connectivity index (χ1n) is 6.54. The highest BCUT2D eigenvalue weighted by atomic mass is 14.1. The maximum atomic E-state index is 2.31. The summed E-state index contributed by atoms with van der Waals surface area (Å²) >= 11 is 0. The molecule has 2 aromatic carbocycles. The van der Waals surface area contributed by atoms with Gasteiger partial charge in [0.1, 0.15) is 0 Å². The second kappa shape index (κ2) is 5.18.